The minimum atomic E-state index is -4.19. The summed E-state index contributed by atoms with van der Waals surface area (Å²) >= 11 is 1.76. The number of nitrogens with zero attached hydrogens (tertiary/aromatic N) is 8. The number of benzene rings is 4. The number of hydrogen-bond acceptors (Lipinski definition) is 17. The molecular weight excluding hydrogens is 1240 g/mol. The van der Waals surface area contributed by atoms with E-state index in [9.17, 15) is 32.4 Å². The van der Waals surface area contributed by atoms with Crippen molar-refractivity contribution in [2.75, 3.05) is 120 Å². The number of piperazine rings is 2. The van der Waals surface area contributed by atoms with Crippen molar-refractivity contribution >= 4 is 68.4 Å². The number of imide groups is 1. The predicted octanol–water partition coefficient (Wildman–Crippen LogP) is 8.80. The molecule has 4 aliphatic heterocycles. The Morgan fingerprint density at radius 2 is 1.57 bits per heavy atom. The zero-order chi connectivity index (χ0) is 66.5. The van der Waals surface area contributed by atoms with Crippen LogP contribution in [0, 0.1) is 23.2 Å². The summed E-state index contributed by atoms with van der Waals surface area (Å²) in [6.07, 6.45) is 13.2. The Kier molecular flexibility index (Phi) is 20.7. The Morgan fingerprint density at radius 1 is 0.832 bits per heavy atom. The number of hydrogen-bond donors (Lipinski definition) is 4. The van der Waals surface area contributed by atoms with Gasteiger partial charge in [-0.3, -0.25) is 38.7 Å². The van der Waals surface area contributed by atoms with Crippen molar-refractivity contribution in [1.82, 2.24) is 44.6 Å². The van der Waals surface area contributed by atoms with E-state index in [1.807, 2.05) is 47.7 Å². The van der Waals surface area contributed by atoms with Gasteiger partial charge < -0.3 is 35.2 Å². The summed E-state index contributed by atoms with van der Waals surface area (Å²) in [7, 11) is -4.19. The van der Waals surface area contributed by atoms with Gasteiger partial charge in [-0.15, -0.1) is 16.9 Å². The first-order valence-electron chi connectivity index (χ1n) is 33.9. The fourth-order valence-corrected chi connectivity index (χ4v) is 17.2. The van der Waals surface area contributed by atoms with Crippen LogP contribution in [0.15, 0.2) is 130 Å². The molecule has 5 amide bonds. The highest BCUT2D eigenvalue weighted by Gasteiger charge is 2.68. The molecule has 1 unspecified atom stereocenters. The molecule has 506 valence electrons. The van der Waals surface area contributed by atoms with Crippen LogP contribution in [0.3, 0.4) is 0 Å². The lowest BCUT2D eigenvalue weighted by atomic mass is 9.31. The van der Waals surface area contributed by atoms with Gasteiger partial charge in [0.2, 0.25) is 11.8 Å². The first kappa shape index (κ1) is 67.6. The molecule has 3 saturated heterocycles. The van der Waals surface area contributed by atoms with Gasteiger partial charge in [-0.25, -0.2) is 17.8 Å². The van der Waals surface area contributed by atoms with Crippen molar-refractivity contribution in [3.8, 4) is 0 Å². The summed E-state index contributed by atoms with van der Waals surface area (Å²) in [5.74, 6) is -1.33. The summed E-state index contributed by atoms with van der Waals surface area (Å²) < 4.78 is 43.0. The number of piperidine rings is 1. The zero-order valence-electron chi connectivity index (χ0n) is 55.5. The van der Waals surface area contributed by atoms with Gasteiger partial charge in [-0.05, 0) is 153 Å². The number of ether oxygens (including phenoxy) is 2. The average Bonchev–Trinajstić information content (AvgIpc) is 1.25. The van der Waals surface area contributed by atoms with Crippen LogP contribution in [0.25, 0.3) is 0 Å². The van der Waals surface area contributed by atoms with Crippen LogP contribution in [0.1, 0.15) is 127 Å². The highest BCUT2D eigenvalue weighted by atomic mass is 32.2. The number of carbonyl (C=O) groups is 5. The smallest absolute Gasteiger partial charge is 0.264 e. The van der Waals surface area contributed by atoms with Gasteiger partial charge in [-0.1, -0.05) is 74.4 Å². The van der Waals surface area contributed by atoms with Gasteiger partial charge in [0, 0.05) is 130 Å². The van der Waals surface area contributed by atoms with Crippen molar-refractivity contribution in [2.45, 2.75) is 127 Å². The average molecular weight is 1330 g/mol. The first-order valence-corrected chi connectivity index (χ1v) is 36.4. The number of aryl methyl sites for hydroxylation is 1. The number of thioether (sulfide) groups is 1. The maximum atomic E-state index is 13.8. The molecule has 1 aromatic heterocycles. The number of nitrogens with one attached hydrogen (secondary N) is 4. The quantitative estimate of drug-likeness (QED) is 0.0152. The van der Waals surface area contributed by atoms with Crippen LogP contribution in [-0.4, -0.2) is 189 Å². The van der Waals surface area contributed by atoms with Crippen molar-refractivity contribution in [3.05, 3.63) is 149 Å². The maximum absolute atomic E-state index is 13.8. The summed E-state index contributed by atoms with van der Waals surface area (Å²) in [6, 6.07) is 26.7. The predicted molar refractivity (Wildman–Crippen MR) is 368 cm³/mol. The number of anilines is 3. The van der Waals surface area contributed by atoms with Gasteiger partial charge in [0.25, 0.3) is 27.7 Å². The van der Waals surface area contributed by atoms with Crippen LogP contribution in [0.4, 0.5) is 17.1 Å². The number of sulfonamides is 1. The molecule has 0 spiro atoms. The van der Waals surface area contributed by atoms with E-state index in [1.54, 1.807) is 76.7 Å². The molecule has 23 heteroatoms. The van der Waals surface area contributed by atoms with E-state index < -0.39 is 39.7 Å². The topological polar surface area (TPSA) is 233 Å². The SMILES string of the molecule is C=C1CCC(N2C(=O)c3cccc(NCCOCCOCCc4cn(CC(=O)N5CCN(CC[C@H](CSc6ccccc6)Nc6ccc(S(=O)(=O)NC(=O)c7ccc(N8CCN(CC9=C(C%10%11CC(CC)(C%10)C%11)CC(C)(C)CC9)CC8)cc7)cc6C)CC5)nn4)c3C2=O)C(=O)N1. The van der Waals surface area contributed by atoms with Crippen LogP contribution >= 0.6 is 11.8 Å². The maximum Gasteiger partial charge on any atom is 0.264 e. The van der Waals surface area contributed by atoms with Crippen molar-refractivity contribution in [2.24, 2.45) is 16.2 Å². The standard InChI is InChI=1S/C72H92N12O9S2/c1-6-71-47-72(48-71,49-71)60-42-70(4,5)26-23-53(60)43-80-31-33-81(34-32-80)56-18-16-52(17-19-56)66(86)77-95(90,91)58-20-21-61(50(2)41-58)75-55(46-94-57-11-8-7-9-12-57)24-28-79-29-35-82(36-30-79)64(85)45-83-44-54(76-78-83)25-37-92-39-40-93-38-27-73-62-14-10-13-59-65(62)69(89)84(68(59)88)63-22-15-51(3)74-67(63)87/h7-14,16-21,41,44,55,63,73,75H,3,6,15,22-40,42-43,45-49H2,1-2,4-5H3,(H,74,87)(H,77,86)/t55-,63?,71?,72?/m1/s1. The molecule has 3 saturated carbocycles. The molecular formula is C72H92N12O9S2. The molecule has 5 aromatic rings. The molecule has 8 aliphatic rings. The van der Waals surface area contributed by atoms with Crippen LogP contribution in [-0.2, 0) is 42.1 Å². The Morgan fingerprint density at radius 3 is 2.29 bits per heavy atom. The Balaban J connectivity index is 0.547. The third kappa shape index (κ3) is 15.7. The molecule has 0 radical (unpaired) electrons. The number of rotatable bonds is 29. The third-order valence-electron chi connectivity index (χ3n) is 20.7. The molecule has 2 atom stereocenters. The van der Waals surface area contributed by atoms with E-state index in [0.717, 1.165) is 91.3 Å². The molecule has 6 fully saturated rings. The molecule has 4 N–H and O–H groups in total. The number of aromatic nitrogens is 3. The minimum Gasteiger partial charge on any atom is -0.382 e. The van der Waals surface area contributed by atoms with Crippen LogP contribution in [0.5, 0.6) is 0 Å². The third-order valence-corrected chi connectivity index (χ3v) is 23.2. The number of carbonyl (C=O) groups excluding carboxylic acids is 5. The monoisotopic (exact) mass is 1330 g/mol. The van der Waals surface area contributed by atoms with E-state index in [4.69, 9.17) is 9.47 Å². The van der Waals surface area contributed by atoms with E-state index in [1.165, 1.54) is 44.9 Å². The van der Waals surface area contributed by atoms with Gasteiger partial charge in [-0.2, -0.15) is 0 Å². The Bertz CT molecular complexity index is 3780. The highest BCUT2D eigenvalue weighted by Crippen LogP contribution is 2.79. The second kappa shape index (κ2) is 29.1. The van der Waals surface area contributed by atoms with E-state index in [-0.39, 0.29) is 40.1 Å². The summed E-state index contributed by atoms with van der Waals surface area (Å²) in [5, 5.41) is 18.0. The molecule has 5 heterocycles. The second-order valence-electron chi connectivity index (χ2n) is 27.9. The molecule has 2 bridgehead atoms. The normalized spacial score (nSPS) is 22.4. The molecule has 95 heavy (non-hydrogen) atoms. The van der Waals surface area contributed by atoms with E-state index >= 15 is 0 Å². The summed E-state index contributed by atoms with van der Waals surface area (Å²) in [4.78, 5) is 77.8. The summed E-state index contributed by atoms with van der Waals surface area (Å²) in [6.45, 7) is 23.1. The van der Waals surface area contributed by atoms with Crippen LogP contribution < -0.4 is 25.6 Å². The summed E-state index contributed by atoms with van der Waals surface area (Å²) in [5.41, 5.74) is 10.2. The van der Waals surface area contributed by atoms with Crippen molar-refractivity contribution in [1.29, 1.82) is 0 Å². The van der Waals surface area contributed by atoms with Crippen LogP contribution in [0.2, 0.25) is 0 Å². The fourth-order valence-electron chi connectivity index (χ4n) is 15.2. The van der Waals surface area contributed by atoms with Gasteiger partial charge >= 0.3 is 0 Å². The first-order chi connectivity index (χ1) is 45.7. The Labute approximate surface area is 563 Å². The van der Waals surface area contributed by atoms with Gasteiger partial charge in [0.15, 0.2) is 0 Å². The molecule has 13 rings (SSSR count). The highest BCUT2D eigenvalue weighted by molar-refractivity contribution is 7.99. The van der Waals surface area contributed by atoms with E-state index in [2.05, 4.69) is 85.2 Å². The zero-order valence-corrected chi connectivity index (χ0v) is 57.1. The van der Waals surface area contributed by atoms with Gasteiger partial charge in [0.1, 0.15) is 12.6 Å². The fraction of sp³-hybridized carbons (Fsp3) is 0.514. The second-order valence-corrected chi connectivity index (χ2v) is 30.7. The lowest BCUT2D eigenvalue weighted by Gasteiger charge is -2.73. The largest absolute Gasteiger partial charge is 0.382 e. The van der Waals surface area contributed by atoms with Crippen molar-refractivity contribution in [3.63, 3.8) is 0 Å². The Hall–Kier alpha value is -7.41. The van der Waals surface area contributed by atoms with Crippen molar-refractivity contribution < 1.29 is 41.9 Å². The van der Waals surface area contributed by atoms with E-state index in [0.29, 0.717) is 98.6 Å². The molecule has 4 aromatic carbocycles. The molecule has 4 aliphatic carbocycles. The number of allylic oxidation sites excluding steroid dienone is 2. The minimum absolute atomic E-state index is 0.0155. The van der Waals surface area contributed by atoms with Gasteiger partial charge in [0.05, 0.1) is 48.1 Å². The lowest BCUT2D eigenvalue weighted by molar-refractivity contribution is -0.182. The lowest BCUT2D eigenvalue weighted by Crippen LogP contribution is -2.63. The number of fused-ring (bicyclic) bond motifs is 1. The molecule has 21 nitrogen and oxygen atoms in total. The number of amides is 5.